The van der Waals surface area contributed by atoms with Crippen LogP contribution in [0.25, 0.3) is 11.2 Å². The minimum absolute atomic E-state index is 0.0326. The second-order valence-corrected chi connectivity index (χ2v) is 4.02. The van der Waals surface area contributed by atoms with Crippen LogP contribution in [0.4, 0.5) is 5.95 Å². The Bertz CT molecular complexity index is 591. The molecule has 0 amide bonds. The second kappa shape index (κ2) is 5.15. The van der Waals surface area contributed by atoms with Crippen molar-refractivity contribution in [2.75, 3.05) is 12.3 Å². The Kier molecular flexibility index (Phi) is 3.58. The van der Waals surface area contributed by atoms with Gasteiger partial charge in [0.1, 0.15) is 0 Å². The number of nitrogens with zero attached hydrogens (tertiary/aromatic N) is 3. The molecule has 8 nitrogen and oxygen atoms in total. The van der Waals surface area contributed by atoms with E-state index in [2.05, 4.69) is 15.0 Å². The lowest BCUT2D eigenvalue weighted by molar-refractivity contribution is 0.121. The highest BCUT2D eigenvalue weighted by Crippen LogP contribution is 2.08. The van der Waals surface area contributed by atoms with Gasteiger partial charge in [0.2, 0.25) is 5.95 Å². The molecule has 5 N–H and O–H groups in total. The summed E-state index contributed by atoms with van der Waals surface area (Å²) in [7, 11) is 0. The van der Waals surface area contributed by atoms with Crippen molar-refractivity contribution in [3.05, 3.63) is 16.7 Å². The summed E-state index contributed by atoms with van der Waals surface area (Å²) in [6.07, 6.45) is 1.66. The third kappa shape index (κ3) is 2.49. The lowest BCUT2D eigenvalue weighted by Gasteiger charge is -2.09. The summed E-state index contributed by atoms with van der Waals surface area (Å²) in [5, 5.41) is 18.2. The minimum atomic E-state index is -0.591. The average Bonchev–Trinajstić information content (AvgIpc) is 2.70. The molecule has 0 spiro atoms. The first-order valence-corrected chi connectivity index (χ1v) is 5.61. The maximum atomic E-state index is 11.5. The van der Waals surface area contributed by atoms with Crippen molar-refractivity contribution in [2.24, 2.45) is 0 Å². The summed E-state index contributed by atoms with van der Waals surface area (Å²) in [4.78, 5) is 21.8. The van der Waals surface area contributed by atoms with Crippen molar-refractivity contribution < 1.29 is 10.2 Å². The van der Waals surface area contributed by atoms with Gasteiger partial charge in [0, 0.05) is 13.2 Å². The first kappa shape index (κ1) is 12.5. The van der Waals surface area contributed by atoms with E-state index in [1.54, 1.807) is 4.57 Å². The fourth-order valence-electron chi connectivity index (χ4n) is 1.72. The molecule has 2 heterocycles. The average molecular weight is 253 g/mol. The van der Waals surface area contributed by atoms with Gasteiger partial charge in [-0.2, -0.15) is 4.98 Å². The molecular formula is C10H15N5O3. The van der Waals surface area contributed by atoms with E-state index in [9.17, 15) is 9.90 Å². The molecule has 8 heteroatoms. The number of H-pyrrole nitrogens is 1. The molecule has 0 aliphatic rings. The number of nitrogen functional groups attached to an aromatic ring is 1. The number of anilines is 1. The van der Waals surface area contributed by atoms with E-state index in [4.69, 9.17) is 10.8 Å². The number of nitrogens with two attached hydrogens (primary N) is 1. The van der Waals surface area contributed by atoms with Gasteiger partial charge >= 0.3 is 0 Å². The number of aliphatic hydroxyl groups is 2. The number of aromatic nitrogens is 4. The second-order valence-electron chi connectivity index (χ2n) is 4.02. The number of aromatic amines is 1. The Morgan fingerprint density at radius 3 is 3.00 bits per heavy atom. The van der Waals surface area contributed by atoms with E-state index in [0.29, 0.717) is 25.0 Å². The number of fused-ring (bicyclic) bond motifs is 1. The van der Waals surface area contributed by atoms with Crippen LogP contribution in [0.15, 0.2) is 11.1 Å². The Balaban J connectivity index is 2.22. The highest BCUT2D eigenvalue weighted by Gasteiger charge is 2.10. The molecule has 2 aromatic rings. The minimum Gasteiger partial charge on any atom is -0.396 e. The third-order valence-electron chi connectivity index (χ3n) is 2.66. The number of aryl methyl sites for hydroxylation is 1. The summed E-state index contributed by atoms with van der Waals surface area (Å²) >= 11 is 0. The zero-order chi connectivity index (χ0) is 13.1. The number of hydrogen-bond donors (Lipinski definition) is 4. The van der Waals surface area contributed by atoms with Crippen molar-refractivity contribution >= 4 is 17.1 Å². The number of hydrogen-bond acceptors (Lipinski definition) is 6. The molecule has 0 saturated carbocycles. The van der Waals surface area contributed by atoms with E-state index in [1.807, 2.05) is 0 Å². The van der Waals surface area contributed by atoms with Crippen molar-refractivity contribution in [3.8, 4) is 0 Å². The number of imidazole rings is 1. The maximum Gasteiger partial charge on any atom is 0.280 e. The van der Waals surface area contributed by atoms with Gasteiger partial charge in [-0.3, -0.25) is 9.78 Å². The normalized spacial score (nSPS) is 13.0. The first-order chi connectivity index (χ1) is 8.61. The van der Waals surface area contributed by atoms with E-state index < -0.39 is 6.10 Å². The van der Waals surface area contributed by atoms with E-state index in [1.165, 1.54) is 6.33 Å². The monoisotopic (exact) mass is 253 g/mol. The lowest BCUT2D eigenvalue weighted by atomic mass is 10.2. The summed E-state index contributed by atoms with van der Waals surface area (Å²) in [6, 6.07) is 0. The van der Waals surface area contributed by atoms with Crippen molar-refractivity contribution in [1.82, 2.24) is 19.5 Å². The molecule has 0 aromatic carbocycles. The first-order valence-electron chi connectivity index (χ1n) is 5.61. The molecule has 0 aliphatic carbocycles. The van der Waals surface area contributed by atoms with Crippen molar-refractivity contribution in [3.63, 3.8) is 0 Å². The largest absolute Gasteiger partial charge is 0.396 e. The molecule has 1 atom stereocenters. The summed E-state index contributed by atoms with van der Waals surface area (Å²) in [5.74, 6) is 0.0326. The zero-order valence-electron chi connectivity index (χ0n) is 9.70. The van der Waals surface area contributed by atoms with Crippen LogP contribution >= 0.6 is 0 Å². The van der Waals surface area contributed by atoms with Crippen LogP contribution in [-0.4, -0.2) is 42.4 Å². The van der Waals surface area contributed by atoms with Gasteiger partial charge < -0.3 is 20.5 Å². The Hall–Kier alpha value is -1.93. The molecule has 0 bridgehead atoms. The third-order valence-corrected chi connectivity index (χ3v) is 2.66. The van der Waals surface area contributed by atoms with Crippen LogP contribution in [0.2, 0.25) is 0 Å². The highest BCUT2D eigenvalue weighted by molar-refractivity contribution is 5.70. The zero-order valence-corrected chi connectivity index (χ0v) is 9.70. The molecule has 2 rings (SSSR count). The summed E-state index contributed by atoms with van der Waals surface area (Å²) in [6.45, 7) is 0.393. The predicted octanol–water partition coefficient (Wildman–Crippen LogP) is -1.16. The van der Waals surface area contributed by atoms with Gasteiger partial charge in [0.15, 0.2) is 11.2 Å². The van der Waals surface area contributed by atoms with E-state index in [0.717, 1.165) is 0 Å². The fraction of sp³-hybridized carbons (Fsp3) is 0.500. The highest BCUT2D eigenvalue weighted by atomic mass is 16.3. The van der Waals surface area contributed by atoms with Gasteiger partial charge in [-0.25, -0.2) is 4.98 Å². The van der Waals surface area contributed by atoms with Crippen molar-refractivity contribution in [2.45, 2.75) is 25.5 Å². The Labute approximate surface area is 102 Å². The molecule has 0 aliphatic heterocycles. The summed E-state index contributed by atoms with van der Waals surface area (Å²) in [5.41, 5.74) is 5.70. The SMILES string of the molecule is Nc1nc2c(ncn2CC[C@H](O)CCO)c(=O)[nH]1. The summed E-state index contributed by atoms with van der Waals surface area (Å²) < 4.78 is 1.65. The molecule has 18 heavy (non-hydrogen) atoms. The van der Waals surface area contributed by atoms with Crippen LogP contribution in [0, 0.1) is 0 Å². The van der Waals surface area contributed by atoms with Gasteiger partial charge in [0.25, 0.3) is 5.56 Å². The van der Waals surface area contributed by atoms with Gasteiger partial charge in [-0.1, -0.05) is 0 Å². The predicted molar refractivity (Wildman–Crippen MR) is 64.9 cm³/mol. The van der Waals surface area contributed by atoms with Crippen LogP contribution in [0.1, 0.15) is 12.8 Å². The van der Waals surface area contributed by atoms with Gasteiger partial charge in [-0.05, 0) is 12.8 Å². The van der Waals surface area contributed by atoms with Crippen LogP contribution in [-0.2, 0) is 6.54 Å². The van der Waals surface area contributed by atoms with Crippen LogP contribution < -0.4 is 11.3 Å². The number of nitrogens with one attached hydrogen (secondary N) is 1. The molecule has 0 fully saturated rings. The van der Waals surface area contributed by atoms with Crippen LogP contribution in [0.5, 0.6) is 0 Å². The topological polar surface area (TPSA) is 130 Å². The molecular weight excluding hydrogens is 238 g/mol. The lowest BCUT2D eigenvalue weighted by Crippen LogP contribution is -2.14. The van der Waals surface area contributed by atoms with Crippen LogP contribution in [0.3, 0.4) is 0 Å². The Morgan fingerprint density at radius 1 is 1.50 bits per heavy atom. The maximum absolute atomic E-state index is 11.5. The molecule has 2 aromatic heterocycles. The Morgan fingerprint density at radius 2 is 2.28 bits per heavy atom. The van der Waals surface area contributed by atoms with E-state index in [-0.39, 0.29) is 23.6 Å². The standard InChI is InChI=1S/C10H15N5O3/c11-10-13-8-7(9(18)14-10)12-5-15(8)3-1-6(17)2-4-16/h5-6,16-17H,1-4H2,(H3,11,13,14,18)/t6-/m0/s1. The van der Waals surface area contributed by atoms with E-state index >= 15 is 0 Å². The molecule has 0 radical (unpaired) electrons. The smallest absolute Gasteiger partial charge is 0.280 e. The van der Waals surface area contributed by atoms with Gasteiger partial charge in [0.05, 0.1) is 12.4 Å². The fourth-order valence-corrected chi connectivity index (χ4v) is 1.72. The number of aliphatic hydroxyl groups excluding tert-OH is 2. The van der Waals surface area contributed by atoms with Gasteiger partial charge in [-0.15, -0.1) is 0 Å². The number of rotatable bonds is 5. The molecule has 0 unspecified atom stereocenters. The molecule has 0 saturated heterocycles. The molecule has 98 valence electrons. The quantitative estimate of drug-likeness (QED) is 0.531. The van der Waals surface area contributed by atoms with Crippen molar-refractivity contribution in [1.29, 1.82) is 0 Å².